The summed E-state index contributed by atoms with van der Waals surface area (Å²) in [6, 6.07) is 14.5. The molecule has 1 fully saturated rings. The molecule has 1 aromatic heterocycles. The number of anilines is 1. The first-order valence-electron chi connectivity index (χ1n) is 6.94. The van der Waals surface area contributed by atoms with E-state index >= 15 is 0 Å². The molecule has 6 heteroatoms. The van der Waals surface area contributed by atoms with Crippen molar-refractivity contribution in [3.05, 3.63) is 59.4 Å². The Morgan fingerprint density at radius 3 is 2.18 bits per heavy atom. The maximum atomic E-state index is 5.81. The van der Waals surface area contributed by atoms with Crippen molar-refractivity contribution in [2.75, 3.05) is 31.1 Å². The number of hydrogen-bond acceptors (Lipinski definition) is 3. The van der Waals surface area contributed by atoms with Crippen molar-refractivity contribution in [3.63, 3.8) is 0 Å². The third-order valence-electron chi connectivity index (χ3n) is 3.69. The number of para-hydroxylation sites is 1. The molecule has 0 aliphatic carbocycles. The Hall–Kier alpha value is -1.00. The Balaban J connectivity index is 0.00000121. The van der Waals surface area contributed by atoms with Gasteiger partial charge in [0.25, 0.3) is 0 Å². The van der Waals surface area contributed by atoms with E-state index in [9.17, 15) is 0 Å². The van der Waals surface area contributed by atoms with Gasteiger partial charge in [0.05, 0.1) is 0 Å². The van der Waals surface area contributed by atoms with Crippen LogP contribution in [0, 0.1) is 0 Å². The van der Waals surface area contributed by atoms with Gasteiger partial charge in [0.2, 0.25) is 0 Å². The lowest BCUT2D eigenvalue weighted by Gasteiger charge is -2.36. The molecule has 1 saturated heterocycles. The summed E-state index contributed by atoms with van der Waals surface area (Å²) in [5.41, 5.74) is 2.54. The summed E-state index contributed by atoms with van der Waals surface area (Å²) in [4.78, 5) is 9.04. The lowest BCUT2D eigenvalue weighted by Crippen LogP contribution is -2.45. The SMILES string of the molecule is Cl.Cl.Clc1ccc(CN2CCN(c3ccccc3)CC2)cn1. The standard InChI is InChI=1S/C16H18ClN3.2ClH/c17-16-7-6-14(12-18-16)13-19-8-10-20(11-9-19)15-4-2-1-3-5-15;;/h1-7,12H,8-11,13H2;2*1H. The molecule has 2 aromatic rings. The van der Waals surface area contributed by atoms with E-state index in [1.807, 2.05) is 12.3 Å². The van der Waals surface area contributed by atoms with Gasteiger partial charge in [0, 0.05) is 44.6 Å². The van der Waals surface area contributed by atoms with E-state index in [-0.39, 0.29) is 24.8 Å². The van der Waals surface area contributed by atoms with Crippen LogP contribution in [-0.2, 0) is 6.54 Å². The molecule has 3 rings (SSSR count). The van der Waals surface area contributed by atoms with Crippen molar-refractivity contribution in [2.45, 2.75) is 6.54 Å². The summed E-state index contributed by atoms with van der Waals surface area (Å²) in [5, 5.41) is 0.558. The van der Waals surface area contributed by atoms with Gasteiger partial charge in [0.1, 0.15) is 5.15 Å². The monoisotopic (exact) mass is 359 g/mol. The van der Waals surface area contributed by atoms with Gasteiger partial charge in [-0.2, -0.15) is 0 Å². The normalized spacial score (nSPS) is 14.9. The fraction of sp³-hybridized carbons (Fsp3) is 0.312. The van der Waals surface area contributed by atoms with Gasteiger partial charge >= 0.3 is 0 Å². The fourth-order valence-corrected chi connectivity index (χ4v) is 2.67. The number of benzene rings is 1. The van der Waals surface area contributed by atoms with E-state index in [0.29, 0.717) is 5.15 Å². The Morgan fingerprint density at radius 1 is 0.909 bits per heavy atom. The third kappa shape index (κ3) is 5.03. The van der Waals surface area contributed by atoms with Crippen molar-refractivity contribution in [1.29, 1.82) is 0 Å². The van der Waals surface area contributed by atoms with Crippen LogP contribution in [0.1, 0.15) is 5.56 Å². The van der Waals surface area contributed by atoms with Gasteiger partial charge in [-0.3, -0.25) is 4.90 Å². The second-order valence-electron chi connectivity index (χ2n) is 5.09. The van der Waals surface area contributed by atoms with E-state index in [1.165, 1.54) is 11.3 Å². The molecule has 0 N–H and O–H groups in total. The van der Waals surface area contributed by atoms with E-state index in [0.717, 1.165) is 32.7 Å². The highest BCUT2D eigenvalue weighted by molar-refractivity contribution is 6.29. The zero-order chi connectivity index (χ0) is 13.8. The largest absolute Gasteiger partial charge is 0.369 e. The minimum atomic E-state index is 0. The number of aromatic nitrogens is 1. The van der Waals surface area contributed by atoms with Gasteiger partial charge in [0.15, 0.2) is 0 Å². The summed E-state index contributed by atoms with van der Waals surface area (Å²) < 4.78 is 0. The Kier molecular flexibility index (Phi) is 7.97. The minimum absolute atomic E-state index is 0. The topological polar surface area (TPSA) is 19.4 Å². The van der Waals surface area contributed by atoms with Gasteiger partial charge in [-0.25, -0.2) is 4.98 Å². The van der Waals surface area contributed by atoms with Crippen molar-refractivity contribution in [3.8, 4) is 0 Å². The van der Waals surface area contributed by atoms with Gasteiger partial charge in [-0.1, -0.05) is 35.9 Å². The highest BCUT2D eigenvalue weighted by atomic mass is 35.5. The molecule has 1 aliphatic rings. The number of piperazine rings is 1. The first-order valence-corrected chi connectivity index (χ1v) is 7.32. The van der Waals surface area contributed by atoms with Crippen molar-refractivity contribution in [1.82, 2.24) is 9.88 Å². The molecule has 0 bridgehead atoms. The molecule has 0 spiro atoms. The summed E-state index contributed by atoms with van der Waals surface area (Å²) in [6.45, 7) is 5.26. The van der Waals surface area contributed by atoms with Crippen LogP contribution >= 0.6 is 36.4 Å². The van der Waals surface area contributed by atoms with Crippen molar-refractivity contribution < 1.29 is 0 Å². The maximum absolute atomic E-state index is 5.81. The zero-order valence-electron chi connectivity index (χ0n) is 12.2. The highest BCUT2D eigenvalue weighted by Gasteiger charge is 2.17. The molecule has 1 aromatic carbocycles. The van der Waals surface area contributed by atoms with E-state index in [2.05, 4.69) is 51.2 Å². The molecule has 2 heterocycles. The molecule has 0 saturated carbocycles. The van der Waals surface area contributed by atoms with Gasteiger partial charge < -0.3 is 4.90 Å². The summed E-state index contributed by atoms with van der Waals surface area (Å²) in [6.07, 6.45) is 1.87. The van der Waals surface area contributed by atoms with Gasteiger partial charge in [-0.05, 0) is 23.8 Å². The number of rotatable bonds is 3. The van der Waals surface area contributed by atoms with E-state index in [1.54, 1.807) is 0 Å². The van der Waals surface area contributed by atoms with Crippen LogP contribution in [0.2, 0.25) is 5.15 Å². The lowest BCUT2D eigenvalue weighted by atomic mass is 10.2. The fourth-order valence-electron chi connectivity index (χ4n) is 2.56. The third-order valence-corrected chi connectivity index (χ3v) is 3.91. The molecule has 0 amide bonds. The smallest absolute Gasteiger partial charge is 0.129 e. The van der Waals surface area contributed by atoms with Crippen LogP contribution in [0.25, 0.3) is 0 Å². The molecule has 22 heavy (non-hydrogen) atoms. The average Bonchev–Trinajstić information content (AvgIpc) is 2.51. The van der Waals surface area contributed by atoms with Crippen LogP contribution in [0.5, 0.6) is 0 Å². The lowest BCUT2D eigenvalue weighted by molar-refractivity contribution is 0.249. The van der Waals surface area contributed by atoms with Crippen LogP contribution in [0.4, 0.5) is 5.69 Å². The van der Waals surface area contributed by atoms with Crippen molar-refractivity contribution >= 4 is 42.1 Å². The summed E-state index contributed by atoms with van der Waals surface area (Å²) >= 11 is 5.81. The summed E-state index contributed by atoms with van der Waals surface area (Å²) in [7, 11) is 0. The molecule has 1 aliphatic heterocycles. The number of hydrogen-bond donors (Lipinski definition) is 0. The molecule has 0 radical (unpaired) electrons. The van der Waals surface area contributed by atoms with Gasteiger partial charge in [-0.15, -0.1) is 24.8 Å². The van der Waals surface area contributed by atoms with Crippen LogP contribution in [-0.4, -0.2) is 36.1 Å². The predicted octanol–water partition coefficient (Wildman–Crippen LogP) is 3.90. The Bertz CT molecular complexity index is 540. The zero-order valence-corrected chi connectivity index (χ0v) is 14.6. The number of pyridine rings is 1. The first-order chi connectivity index (χ1) is 9.81. The van der Waals surface area contributed by atoms with Crippen LogP contribution < -0.4 is 4.90 Å². The molecule has 0 unspecified atom stereocenters. The maximum Gasteiger partial charge on any atom is 0.129 e. The quantitative estimate of drug-likeness (QED) is 0.774. The van der Waals surface area contributed by atoms with Crippen LogP contribution in [0.3, 0.4) is 0 Å². The Labute approximate surface area is 149 Å². The first kappa shape index (κ1) is 19.0. The predicted molar refractivity (Wildman–Crippen MR) is 97.7 cm³/mol. The van der Waals surface area contributed by atoms with Crippen molar-refractivity contribution in [2.24, 2.45) is 0 Å². The average molecular weight is 361 g/mol. The second-order valence-corrected chi connectivity index (χ2v) is 5.48. The van der Waals surface area contributed by atoms with E-state index in [4.69, 9.17) is 11.6 Å². The molecule has 3 nitrogen and oxygen atoms in total. The molecule has 120 valence electrons. The summed E-state index contributed by atoms with van der Waals surface area (Å²) in [5.74, 6) is 0. The molecule has 0 atom stereocenters. The number of nitrogens with zero attached hydrogens (tertiary/aromatic N) is 3. The van der Waals surface area contributed by atoms with E-state index < -0.39 is 0 Å². The minimum Gasteiger partial charge on any atom is -0.369 e. The highest BCUT2D eigenvalue weighted by Crippen LogP contribution is 2.16. The number of halogens is 3. The Morgan fingerprint density at radius 2 is 1.59 bits per heavy atom. The molecular weight excluding hydrogens is 341 g/mol. The molecular formula is C16H20Cl3N3. The second kappa shape index (κ2) is 9.21. The van der Waals surface area contributed by atoms with Crippen LogP contribution in [0.15, 0.2) is 48.7 Å².